The van der Waals surface area contributed by atoms with Crippen molar-refractivity contribution in [3.8, 4) is 5.75 Å². The number of rotatable bonds is 8. The van der Waals surface area contributed by atoms with Crippen molar-refractivity contribution < 1.29 is 17.9 Å². The number of carbonyl (C=O) groups is 1. The molecule has 2 aromatic rings. The summed E-state index contributed by atoms with van der Waals surface area (Å²) in [7, 11) is -3.73. The molecule has 9 heteroatoms. The molecule has 0 aromatic heterocycles. The van der Waals surface area contributed by atoms with E-state index in [9.17, 15) is 13.2 Å². The summed E-state index contributed by atoms with van der Waals surface area (Å²) in [6.07, 6.45) is 3.48. The SMILES string of the molecule is CCCOc1cc(C(=O)c2ccc(N)c(NS(=O)(=O)N3CCCCC3)c2)ccc1Cl. The van der Waals surface area contributed by atoms with E-state index in [1.54, 1.807) is 24.3 Å². The van der Waals surface area contributed by atoms with Gasteiger partial charge in [-0.15, -0.1) is 0 Å². The number of carbonyl (C=O) groups excluding carboxylic acids is 1. The molecule has 0 unspecified atom stereocenters. The number of hydrogen-bond donors (Lipinski definition) is 2. The summed E-state index contributed by atoms with van der Waals surface area (Å²) in [4.78, 5) is 13.0. The van der Waals surface area contributed by atoms with Crippen molar-refractivity contribution in [1.82, 2.24) is 4.31 Å². The molecule has 0 amide bonds. The van der Waals surface area contributed by atoms with Crippen molar-refractivity contribution in [1.29, 1.82) is 0 Å². The van der Waals surface area contributed by atoms with Crippen LogP contribution in [0.3, 0.4) is 0 Å². The number of nitrogens with zero attached hydrogens (tertiary/aromatic N) is 1. The largest absolute Gasteiger partial charge is 0.492 e. The lowest BCUT2D eigenvalue weighted by molar-refractivity contribution is 0.103. The van der Waals surface area contributed by atoms with Crippen LogP contribution >= 0.6 is 11.6 Å². The quantitative estimate of drug-likeness (QED) is 0.465. The number of nitrogens with one attached hydrogen (secondary N) is 1. The molecule has 0 spiro atoms. The first-order valence-electron chi connectivity index (χ1n) is 9.96. The highest BCUT2D eigenvalue weighted by Gasteiger charge is 2.25. The van der Waals surface area contributed by atoms with Crippen molar-refractivity contribution >= 4 is 39.0 Å². The van der Waals surface area contributed by atoms with Gasteiger partial charge in [0.05, 0.1) is 23.0 Å². The van der Waals surface area contributed by atoms with Crippen molar-refractivity contribution in [2.24, 2.45) is 0 Å². The van der Waals surface area contributed by atoms with Crippen LogP contribution in [-0.4, -0.2) is 38.2 Å². The summed E-state index contributed by atoms with van der Waals surface area (Å²) in [6.45, 7) is 3.41. The lowest BCUT2D eigenvalue weighted by atomic mass is 10.0. The number of ketones is 1. The zero-order valence-corrected chi connectivity index (χ0v) is 18.4. The van der Waals surface area contributed by atoms with Gasteiger partial charge < -0.3 is 10.5 Å². The third-order valence-electron chi connectivity index (χ3n) is 4.86. The fraction of sp³-hybridized carbons (Fsp3) is 0.381. The van der Waals surface area contributed by atoms with E-state index in [0.717, 1.165) is 25.7 Å². The second-order valence-corrected chi connectivity index (χ2v) is 9.27. The predicted octanol–water partition coefficient (Wildman–Crippen LogP) is 4.08. The Morgan fingerprint density at radius 1 is 1.13 bits per heavy atom. The van der Waals surface area contributed by atoms with E-state index in [2.05, 4.69) is 4.72 Å². The fourth-order valence-electron chi connectivity index (χ4n) is 3.23. The van der Waals surface area contributed by atoms with Crippen LogP contribution < -0.4 is 15.2 Å². The molecular weight excluding hydrogens is 426 g/mol. The van der Waals surface area contributed by atoms with Gasteiger partial charge in [0.15, 0.2) is 5.78 Å². The summed E-state index contributed by atoms with van der Waals surface area (Å²) < 4.78 is 34.9. The standard InChI is InChI=1S/C21H26ClN3O4S/c1-2-12-29-20-14-16(6-8-17(20)22)21(26)15-7-9-18(23)19(13-15)24-30(27,28)25-10-4-3-5-11-25/h6-9,13-14,24H,2-5,10-12,23H2,1H3. The van der Waals surface area contributed by atoms with Crippen LogP contribution in [0.5, 0.6) is 5.75 Å². The highest BCUT2D eigenvalue weighted by molar-refractivity contribution is 7.90. The third kappa shape index (κ3) is 5.24. The van der Waals surface area contributed by atoms with Gasteiger partial charge in [-0.3, -0.25) is 9.52 Å². The minimum absolute atomic E-state index is 0.183. The molecule has 1 aliphatic rings. The summed E-state index contributed by atoms with van der Waals surface area (Å²) in [5.41, 5.74) is 7.10. The van der Waals surface area contributed by atoms with Gasteiger partial charge in [-0.05, 0) is 55.7 Å². The molecule has 2 aromatic carbocycles. The molecule has 7 nitrogen and oxygen atoms in total. The van der Waals surface area contributed by atoms with Crippen molar-refractivity contribution in [3.05, 3.63) is 52.5 Å². The maximum absolute atomic E-state index is 13.0. The Bertz CT molecular complexity index is 1020. The Morgan fingerprint density at radius 3 is 2.50 bits per heavy atom. The van der Waals surface area contributed by atoms with Crippen LogP contribution in [0.4, 0.5) is 11.4 Å². The molecule has 0 bridgehead atoms. The second-order valence-electron chi connectivity index (χ2n) is 7.19. The molecule has 1 fully saturated rings. The van der Waals surface area contributed by atoms with Crippen LogP contribution in [0.25, 0.3) is 0 Å². The predicted molar refractivity (Wildman–Crippen MR) is 119 cm³/mol. The average Bonchev–Trinajstić information content (AvgIpc) is 2.74. The van der Waals surface area contributed by atoms with Crippen LogP contribution in [-0.2, 0) is 10.2 Å². The number of nitrogen functional groups attached to an aromatic ring is 1. The van der Waals surface area contributed by atoms with Gasteiger partial charge in [0.2, 0.25) is 0 Å². The van der Waals surface area contributed by atoms with Crippen LogP contribution in [0.1, 0.15) is 48.5 Å². The monoisotopic (exact) mass is 451 g/mol. The molecule has 30 heavy (non-hydrogen) atoms. The molecule has 0 saturated carbocycles. The summed E-state index contributed by atoms with van der Waals surface area (Å²) in [6, 6.07) is 9.35. The van der Waals surface area contributed by atoms with Crippen LogP contribution in [0.15, 0.2) is 36.4 Å². The maximum Gasteiger partial charge on any atom is 0.301 e. The van der Waals surface area contributed by atoms with E-state index in [0.29, 0.717) is 41.6 Å². The van der Waals surface area contributed by atoms with Crippen molar-refractivity contribution in [2.75, 3.05) is 30.2 Å². The topological polar surface area (TPSA) is 102 Å². The number of halogens is 1. The number of ether oxygens (including phenoxy) is 1. The van der Waals surface area contributed by atoms with Crippen LogP contribution in [0.2, 0.25) is 5.02 Å². The Labute approximate surface area is 182 Å². The molecule has 0 atom stereocenters. The van der Waals surface area contributed by atoms with E-state index in [1.165, 1.54) is 16.4 Å². The van der Waals surface area contributed by atoms with Gasteiger partial charge >= 0.3 is 10.2 Å². The first-order valence-corrected chi connectivity index (χ1v) is 11.8. The maximum atomic E-state index is 13.0. The van der Waals surface area contributed by atoms with E-state index in [1.807, 2.05) is 6.92 Å². The summed E-state index contributed by atoms with van der Waals surface area (Å²) in [5, 5.41) is 0.423. The molecule has 0 radical (unpaired) electrons. The number of benzene rings is 2. The molecule has 1 heterocycles. The van der Waals surface area contributed by atoms with E-state index in [-0.39, 0.29) is 17.2 Å². The minimum Gasteiger partial charge on any atom is -0.492 e. The molecule has 1 saturated heterocycles. The molecule has 0 aliphatic carbocycles. The molecule has 1 aliphatic heterocycles. The lowest BCUT2D eigenvalue weighted by Crippen LogP contribution is -2.39. The number of piperidine rings is 1. The van der Waals surface area contributed by atoms with Crippen LogP contribution in [0, 0.1) is 0 Å². The Hall–Kier alpha value is -2.29. The second kappa shape index (κ2) is 9.68. The molecule has 162 valence electrons. The lowest BCUT2D eigenvalue weighted by Gasteiger charge is -2.26. The Morgan fingerprint density at radius 2 is 1.80 bits per heavy atom. The molecular formula is C21H26ClN3O4S. The van der Waals surface area contributed by atoms with Gasteiger partial charge in [0.1, 0.15) is 5.75 Å². The highest BCUT2D eigenvalue weighted by atomic mass is 35.5. The van der Waals surface area contributed by atoms with E-state index >= 15 is 0 Å². The fourth-order valence-corrected chi connectivity index (χ4v) is 4.72. The Balaban J connectivity index is 1.85. The van der Waals surface area contributed by atoms with Gasteiger partial charge in [-0.1, -0.05) is 24.9 Å². The number of nitrogens with two attached hydrogens (primary N) is 1. The van der Waals surface area contributed by atoms with E-state index in [4.69, 9.17) is 22.1 Å². The first kappa shape index (κ1) is 22.4. The Kier molecular flexibility index (Phi) is 7.23. The minimum atomic E-state index is -3.73. The molecule has 3 N–H and O–H groups in total. The van der Waals surface area contributed by atoms with Gasteiger partial charge in [-0.25, -0.2) is 0 Å². The highest BCUT2D eigenvalue weighted by Crippen LogP contribution is 2.29. The average molecular weight is 452 g/mol. The molecule has 3 rings (SSSR count). The number of hydrogen-bond acceptors (Lipinski definition) is 5. The van der Waals surface area contributed by atoms with Crippen molar-refractivity contribution in [2.45, 2.75) is 32.6 Å². The zero-order valence-electron chi connectivity index (χ0n) is 16.9. The van der Waals surface area contributed by atoms with E-state index < -0.39 is 10.2 Å². The van der Waals surface area contributed by atoms with Gasteiger partial charge in [0, 0.05) is 24.2 Å². The number of anilines is 2. The normalized spacial score (nSPS) is 15.0. The zero-order chi connectivity index (χ0) is 21.7. The first-order chi connectivity index (χ1) is 14.3. The van der Waals surface area contributed by atoms with Gasteiger partial charge in [0.25, 0.3) is 0 Å². The third-order valence-corrected chi connectivity index (χ3v) is 6.70. The van der Waals surface area contributed by atoms with Gasteiger partial charge in [-0.2, -0.15) is 12.7 Å². The summed E-state index contributed by atoms with van der Waals surface area (Å²) in [5.74, 6) is 0.150. The van der Waals surface area contributed by atoms with Crippen molar-refractivity contribution in [3.63, 3.8) is 0 Å². The summed E-state index contributed by atoms with van der Waals surface area (Å²) >= 11 is 6.14. The smallest absolute Gasteiger partial charge is 0.301 e.